The van der Waals surface area contributed by atoms with Gasteiger partial charge in [-0.15, -0.1) is 0 Å². The molecule has 1 unspecified atom stereocenters. The molecule has 1 heterocycles. The zero-order valence-corrected chi connectivity index (χ0v) is 12.7. The summed E-state index contributed by atoms with van der Waals surface area (Å²) in [4.78, 5) is 14.4. The van der Waals surface area contributed by atoms with Crippen LogP contribution in [0.1, 0.15) is 38.2 Å². The molecule has 2 rings (SSSR count). The normalized spacial score (nSPS) is 22.8. The Morgan fingerprint density at radius 3 is 2.80 bits per heavy atom. The summed E-state index contributed by atoms with van der Waals surface area (Å²) >= 11 is 0. The first-order chi connectivity index (χ1) is 9.65. The van der Waals surface area contributed by atoms with Crippen LogP contribution in [0.4, 0.5) is 0 Å². The van der Waals surface area contributed by atoms with Gasteiger partial charge in [0.15, 0.2) is 0 Å². The molecule has 20 heavy (non-hydrogen) atoms. The summed E-state index contributed by atoms with van der Waals surface area (Å²) in [7, 11) is 1.93. The maximum atomic E-state index is 12.3. The number of likely N-dealkylation sites (tertiary alicyclic amines) is 1. The van der Waals surface area contributed by atoms with Gasteiger partial charge in [0.1, 0.15) is 0 Å². The summed E-state index contributed by atoms with van der Waals surface area (Å²) in [6.07, 6.45) is 3.85. The molecule has 3 heteroatoms. The molecule has 1 aromatic carbocycles. The number of nitrogens with one attached hydrogen (secondary N) is 1. The fourth-order valence-corrected chi connectivity index (χ4v) is 3.10. The van der Waals surface area contributed by atoms with Gasteiger partial charge in [-0.3, -0.25) is 4.79 Å². The number of carbonyl (C=O) groups excluding carboxylic acids is 1. The summed E-state index contributed by atoms with van der Waals surface area (Å²) in [6, 6.07) is 10.6. The number of hydrogen-bond donors (Lipinski definition) is 1. The van der Waals surface area contributed by atoms with Gasteiger partial charge in [0.05, 0.1) is 0 Å². The monoisotopic (exact) mass is 274 g/mol. The first-order valence-electron chi connectivity index (χ1n) is 7.64. The molecule has 110 valence electrons. The van der Waals surface area contributed by atoms with Crippen LogP contribution in [0.15, 0.2) is 30.3 Å². The molecule has 1 aliphatic heterocycles. The zero-order chi connectivity index (χ0) is 14.4. The van der Waals surface area contributed by atoms with Crippen molar-refractivity contribution in [1.82, 2.24) is 10.2 Å². The van der Waals surface area contributed by atoms with Gasteiger partial charge in [-0.1, -0.05) is 37.3 Å². The molecule has 0 radical (unpaired) electrons. The van der Waals surface area contributed by atoms with Gasteiger partial charge in [0, 0.05) is 24.9 Å². The minimum absolute atomic E-state index is 0.109. The smallest absolute Gasteiger partial charge is 0.222 e. The highest BCUT2D eigenvalue weighted by molar-refractivity contribution is 5.76. The number of benzene rings is 1. The van der Waals surface area contributed by atoms with Crippen molar-refractivity contribution in [1.29, 1.82) is 0 Å². The Bertz CT molecular complexity index is 432. The van der Waals surface area contributed by atoms with E-state index in [1.807, 2.05) is 7.05 Å². The van der Waals surface area contributed by atoms with E-state index in [2.05, 4.69) is 47.5 Å². The van der Waals surface area contributed by atoms with Crippen molar-refractivity contribution in [3.63, 3.8) is 0 Å². The third-order valence-electron chi connectivity index (χ3n) is 4.34. The molecule has 0 bridgehead atoms. The SMILES string of the molecule is CNCCCC(=O)N1CCCC(C)(c2ccccc2)C1. The lowest BCUT2D eigenvalue weighted by Crippen LogP contribution is -2.47. The van der Waals surface area contributed by atoms with Gasteiger partial charge in [0.25, 0.3) is 0 Å². The van der Waals surface area contributed by atoms with Crippen molar-refractivity contribution in [2.75, 3.05) is 26.7 Å². The Hall–Kier alpha value is -1.35. The molecule has 0 saturated carbocycles. The predicted octanol–water partition coefficient (Wildman–Crippen LogP) is 2.57. The number of nitrogens with zero attached hydrogens (tertiary/aromatic N) is 1. The lowest BCUT2D eigenvalue weighted by atomic mass is 9.76. The van der Waals surface area contributed by atoms with Crippen LogP contribution in [0, 0.1) is 0 Å². The molecule has 1 N–H and O–H groups in total. The summed E-state index contributed by atoms with van der Waals surface area (Å²) in [5.74, 6) is 0.308. The molecule has 1 aliphatic rings. The van der Waals surface area contributed by atoms with Gasteiger partial charge < -0.3 is 10.2 Å². The van der Waals surface area contributed by atoms with Crippen LogP contribution in [0.25, 0.3) is 0 Å². The molecular formula is C17H26N2O. The molecule has 1 amide bonds. The first kappa shape index (κ1) is 15.0. The van der Waals surface area contributed by atoms with Gasteiger partial charge >= 0.3 is 0 Å². The van der Waals surface area contributed by atoms with E-state index in [0.29, 0.717) is 12.3 Å². The standard InChI is InChI=1S/C17H26N2O/c1-17(15-8-4-3-5-9-15)11-7-13-19(14-17)16(20)10-6-12-18-2/h3-5,8-9,18H,6-7,10-14H2,1-2H3. The van der Waals surface area contributed by atoms with Crippen molar-refractivity contribution < 1.29 is 4.79 Å². The van der Waals surface area contributed by atoms with Crippen LogP contribution in [0.2, 0.25) is 0 Å². The summed E-state index contributed by atoms with van der Waals surface area (Å²) in [6.45, 7) is 4.97. The van der Waals surface area contributed by atoms with Gasteiger partial charge in [0.2, 0.25) is 5.91 Å². The lowest BCUT2D eigenvalue weighted by molar-refractivity contribution is -0.133. The van der Waals surface area contributed by atoms with E-state index >= 15 is 0 Å². The van der Waals surface area contributed by atoms with E-state index in [-0.39, 0.29) is 5.41 Å². The number of rotatable bonds is 5. The number of hydrogen-bond acceptors (Lipinski definition) is 2. The number of amides is 1. The van der Waals surface area contributed by atoms with Crippen LogP contribution < -0.4 is 5.32 Å². The van der Waals surface area contributed by atoms with Gasteiger partial charge in [-0.05, 0) is 38.4 Å². The second kappa shape index (κ2) is 6.89. The van der Waals surface area contributed by atoms with E-state index in [1.54, 1.807) is 0 Å². The molecule has 1 atom stereocenters. The van der Waals surface area contributed by atoms with Gasteiger partial charge in [-0.2, -0.15) is 0 Å². The number of carbonyl (C=O) groups is 1. The summed E-state index contributed by atoms with van der Waals surface area (Å²) in [5, 5.41) is 3.10. The second-order valence-corrected chi connectivity index (χ2v) is 6.05. The maximum absolute atomic E-state index is 12.3. The molecule has 1 fully saturated rings. The van der Waals surface area contributed by atoms with E-state index in [0.717, 1.165) is 38.9 Å². The van der Waals surface area contributed by atoms with Crippen LogP contribution in [0.5, 0.6) is 0 Å². The average molecular weight is 274 g/mol. The minimum Gasteiger partial charge on any atom is -0.342 e. The van der Waals surface area contributed by atoms with E-state index < -0.39 is 0 Å². The quantitative estimate of drug-likeness (QED) is 0.837. The fraction of sp³-hybridized carbons (Fsp3) is 0.588. The average Bonchev–Trinajstić information content (AvgIpc) is 2.48. The van der Waals surface area contributed by atoms with E-state index in [1.165, 1.54) is 5.56 Å². The Morgan fingerprint density at radius 2 is 2.10 bits per heavy atom. The highest BCUT2D eigenvalue weighted by Crippen LogP contribution is 2.33. The molecule has 1 saturated heterocycles. The lowest BCUT2D eigenvalue weighted by Gasteiger charge is -2.41. The summed E-state index contributed by atoms with van der Waals surface area (Å²) in [5.41, 5.74) is 1.46. The zero-order valence-electron chi connectivity index (χ0n) is 12.7. The molecular weight excluding hydrogens is 248 g/mol. The van der Waals surface area contributed by atoms with Crippen LogP contribution in [-0.4, -0.2) is 37.5 Å². The Kier molecular flexibility index (Phi) is 5.18. The highest BCUT2D eigenvalue weighted by atomic mass is 16.2. The van der Waals surface area contributed by atoms with E-state index in [9.17, 15) is 4.79 Å². The fourth-order valence-electron chi connectivity index (χ4n) is 3.10. The minimum atomic E-state index is 0.109. The Balaban J connectivity index is 1.99. The Morgan fingerprint density at radius 1 is 1.35 bits per heavy atom. The predicted molar refractivity (Wildman–Crippen MR) is 82.8 cm³/mol. The van der Waals surface area contributed by atoms with Crippen molar-refractivity contribution in [2.24, 2.45) is 0 Å². The third-order valence-corrected chi connectivity index (χ3v) is 4.34. The second-order valence-electron chi connectivity index (χ2n) is 6.05. The van der Waals surface area contributed by atoms with Crippen molar-refractivity contribution in [2.45, 2.75) is 38.0 Å². The van der Waals surface area contributed by atoms with Crippen molar-refractivity contribution in [3.05, 3.63) is 35.9 Å². The summed E-state index contributed by atoms with van der Waals surface area (Å²) < 4.78 is 0. The highest BCUT2D eigenvalue weighted by Gasteiger charge is 2.34. The van der Waals surface area contributed by atoms with Crippen LogP contribution in [-0.2, 0) is 10.2 Å². The molecule has 0 aromatic heterocycles. The van der Waals surface area contributed by atoms with Crippen LogP contribution in [0.3, 0.4) is 0 Å². The van der Waals surface area contributed by atoms with Gasteiger partial charge in [-0.25, -0.2) is 0 Å². The third kappa shape index (κ3) is 3.60. The van der Waals surface area contributed by atoms with Crippen molar-refractivity contribution >= 4 is 5.91 Å². The largest absolute Gasteiger partial charge is 0.342 e. The van der Waals surface area contributed by atoms with Crippen LogP contribution >= 0.6 is 0 Å². The topological polar surface area (TPSA) is 32.3 Å². The molecule has 0 aliphatic carbocycles. The molecule has 0 spiro atoms. The Labute approximate surface area is 122 Å². The first-order valence-corrected chi connectivity index (χ1v) is 7.64. The number of piperidine rings is 1. The molecule has 1 aromatic rings. The van der Waals surface area contributed by atoms with E-state index in [4.69, 9.17) is 0 Å². The molecule has 3 nitrogen and oxygen atoms in total. The van der Waals surface area contributed by atoms with Crippen molar-refractivity contribution in [3.8, 4) is 0 Å². The maximum Gasteiger partial charge on any atom is 0.222 e.